The first-order chi connectivity index (χ1) is 17.4. The van der Waals surface area contributed by atoms with Crippen molar-refractivity contribution in [1.29, 1.82) is 0 Å². The average Bonchev–Trinajstić information content (AvgIpc) is 3.25. The van der Waals surface area contributed by atoms with Crippen molar-refractivity contribution in [3.8, 4) is 11.1 Å². The third-order valence-electron chi connectivity index (χ3n) is 6.81. The molecule has 1 aliphatic heterocycles. The van der Waals surface area contributed by atoms with Crippen LogP contribution >= 0.6 is 0 Å². The molecule has 0 saturated heterocycles. The molecule has 0 spiro atoms. The second-order valence-electron chi connectivity index (χ2n) is 9.04. The Hall–Kier alpha value is -3.89. The SMILES string of the molecule is CO[C@@H]1C[C@H]1N(Cc1ccc(-c2c(F)cccc2F)cn1)C(=O)c1cc2nc(N)c3c(c2[nH]1)COC3. The smallest absolute Gasteiger partial charge is 0.271 e. The summed E-state index contributed by atoms with van der Waals surface area (Å²) < 4.78 is 39.3. The van der Waals surface area contributed by atoms with Crippen molar-refractivity contribution < 1.29 is 23.0 Å². The number of benzene rings is 1. The van der Waals surface area contributed by atoms with E-state index in [1.165, 1.54) is 24.4 Å². The molecule has 1 aliphatic carbocycles. The second kappa shape index (κ2) is 8.65. The van der Waals surface area contributed by atoms with E-state index < -0.39 is 11.6 Å². The van der Waals surface area contributed by atoms with E-state index in [4.69, 9.17) is 15.2 Å². The number of carbonyl (C=O) groups excluding carboxylic acids is 1. The summed E-state index contributed by atoms with van der Waals surface area (Å²) in [6, 6.07) is 8.57. The molecule has 0 unspecified atom stereocenters. The number of hydrogen-bond donors (Lipinski definition) is 2. The van der Waals surface area contributed by atoms with Crippen LogP contribution in [0.2, 0.25) is 0 Å². The summed E-state index contributed by atoms with van der Waals surface area (Å²) in [5, 5.41) is 0. The molecule has 4 heterocycles. The zero-order valence-corrected chi connectivity index (χ0v) is 19.4. The number of carbonyl (C=O) groups is 1. The fourth-order valence-electron chi connectivity index (χ4n) is 4.80. The summed E-state index contributed by atoms with van der Waals surface area (Å²) in [5.74, 6) is -1.14. The van der Waals surface area contributed by atoms with Gasteiger partial charge in [0.15, 0.2) is 0 Å². The minimum Gasteiger partial charge on any atom is -0.383 e. The average molecular weight is 491 g/mol. The van der Waals surface area contributed by atoms with E-state index in [0.29, 0.717) is 47.9 Å². The van der Waals surface area contributed by atoms with Crippen LogP contribution in [0.15, 0.2) is 42.6 Å². The molecule has 2 aliphatic rings. The number of nitrogens with zero attached hydrogens (tertiary/aromatic N) is 3. The fraction of sp³-hybridized carbons (Fsp3) is 0.269. The van der Waals surface area contributed by atoms with E-state index in [1.54, 1.807) is 30.2 Å². The highest BCUT2D eigenvalue weighted by atomic mass is 19.1. The number of anilines is 1. The molecule has 2 atom stereocenters. The molecule has 1 fully saturated rings. The Bertz CT molecular complexity index is 1470. The molecule has 1 saturated carbocycles. The number of nitrogen functional groups attached to an aromatic ring is 1. The standard InChI is InChI=1S/C26H23F2N5O3/c1-35-22-8-21(22)33(10-14-6-5-13(9-30-14)23-17(27)3-2-4-18(23)28)26(34)20-7-19-24(31-20)15-11-36-12-16(15)25(29)32-19/h2-7,9,21-22,31H,8,10-12H2,1H3,(H2,29,32)/t21-,22-/m1/s1. The van der Waals surface area contributed by atoms with Crippen LogP contribution in [-0.2, 0) is 29.2 Å². The molecule has 36 heavy (non-hydrogen) atoms. The Kier molecular flexibility index (Phi) is 5.42. The maximum Gasteiger partial charge on any atom is 0.271 e. The topological polar surface area (TPSA) is 106 Å². The largest absolute Gasteiger partial charge is 0.383 e. The Morgan fingerprint density at radius 2 is 2.00 bits per heavy atom. The second-order valence-corrected chi connectivity index (χ2v) is 9.04. The van der Waals surface area contributed by atoms with Gasteiger partial charge in [0.2, 0.25) is 0 Å². The van der Waals surface area contributed by atoms with Crippen LogP contribution in [0.4, 0.5) is 14.6 Å². The monoisotopic (exact) mass is 491 g/mol. The number of halogens is 2. The third kappa shape index (κ3) is 3.78. The number of aromatic amines is 1. The number of nitrogens with two attached hydrogens (primary N) is 1. The van der Waals surface area contributed by atoms with E-state index in [1.807, 2.05) is 0 Å². The van der Waals surface area contributed by atoms with Crippen molar-refractivity contribution in [2.75, 3.05) is 12.8 Å². The van der Waals surface area contributed by atoms with Crippen LogP contribution in [-0.4, -0.2) is 45.0 Å². The van der Waals surface area contributed by atoms with Crippen LogP contribution in [0.25, 0.3) is 22.2 Å². The Morgan fingerprint density at radius 3 is 2.69 bits per heavy atom. The molecule has 184 valence electrons. The molecule has 4 aromatic rings. The highest BCUT2D eigenvalue weighted by molar-refractivity contribution is 5.98. The van der Waals surface area contributed by atoms with Crippen molar-refractivity contribution >= 4 is 22.8 Å². The van der Waals surface area contributed by atoms with E-state index in [9.17, 15) is 13.6 Å². The normalized spacial score (nSPS) is 18.4. The number of fused-ring (bicyclic) bond motifs is 3. The van der Waals surface area contributed by atoms with Crippen molar-refractivity contribution in [3.63, 3.8) is 0 Å². The van der Waals surface area contributed by atoms with E-state index in [-0.39, 0.29) is 30.2 Å². The Balaban J connectivity index is 1.30. The predicted octanol–water partition coefficient (Wildman–Crippen LogP) is 3.95. The summed E-state index contributed by atoms with van der Waals surface area (Å²) in [6.07, 6.45) is 2.05. The molecule has 1 amide bonds. The molecule has 6 rings (SSSR count). The zero-order valence-electron chi connectivity index (χ0n) is 19.4. The van der Waals surface area contributed by atoms with Crippen LogP contribution in [0, 0.1) is 11.6 Å². The lowest BCUT2D eigenvalue weighted by Crippen LogP contribution is -2.35. The fourth-order valence-corrected chi connectivity index (χ4v) is 4.80. The minimum absolute atomic E-state index is 0.0727. The summed E-state index contributed by atoms with van der Waals surface area (Å²) in [5.41, 5.74) is 10.3. The van der Waals surface area contributed by atoms with Crippen LogP contribution in [0.5, 0.6) is 0 Å². The number of hydrogen-bond acceptors (Lipinski definition) is 6. The van der Waals surface area contributed by atoms with Gasteiger partial charge in [-0.05, 0) is 30.7 Å². The molecular weight excluding hydrogens is 468 g/mol. The highest BCUT2D eigenvalue weighted by Gasteiger charge is 2.45. The lowest BCUT2D eigenvalue weighted by atomic mass is 10.1. The van der Waals surface area contributed by atoms with Gasteiger partial charge >= 0.3 is 0 Å². The minimum atomic E-state index is -0.660. The van der Waals surface area contributed by atoms with Crippen molar-refractivity contribution in [2.24, 2.45) is 0 Å². The first kappa shape index (κ1) is 22.6. The van der Waals surface area contributed by atoms with Gasteiger partial charge in [0.1, 0.15) is 23.1 Å². The highest BCUT2D eigenvalue weighted by Crippen LogP contribution is 2.35. The van der Waals surface area contributed by atoms with Gasteiger partial charge in [-0.3, -0.25) is 9.78 Å². The molecule has 8 nitrogen and oxygen atoms in total. The van der Waals surface area contributed by atoms with Gasteiger partial charge in [0.25, 0.3) is 5.91 Å². The van der Waals surface area contributed by atoms with Gasteiger partial charge in [-0.1, -0.05) is 12.1 Å². The van der Waals surface area contributed by atoms with E-state index in [2.05, 4.69) is 15.0 Å². The van der Waals surface area contributed by atoms with E-state index >= 15 is 0 Å². The van der Waals surface area contributed by atoms with E-state index in [0.717, 1.165) is 16.6 Å². The number of H-pyrrole nitrogens is 1. The molecular formula is C26H23F2N5O3. The summed E-state index contributed by atoms with van der Waals surface area (Å²) in [4.78, 5) is 27.4. The number of aromatic nitrogens is 3. The Morgan fingerprint density at radius 1 is 1.22 bits per heavy atom. The maximum absolute atomic E-state index is 14.2. The first-order valence-corrected chi connectivity index (χ1v) is 11.6. The maximum atomic E-state index is 14.2. The van der Waals surface area contributed by atoms with Crippen molar-refractivity contribution in [1.82, 2.24) is 19.9 Å². The van der Waals surface area contributed by atoms with Gasteiger partial charge in [-0.2, -0.15) is 0 Å². The number of pyridine rings is 2. The molecule has 0 radical (unpaired) electrons. The number of methoxy groups -OCH3 is 1. The van der Waals surface area contributed by atoms with Gasteiger partial charge < -0.3 is 25.1 Å². The summed E-state index contributed by atoms with van der Waals surface area (Å²) in [6.45, 7) is 1.01. The summed E-state index contributed by atoms with van der Waals surface area (Å²) >= 11 is 0. The molecule has 10 heteroatoms. The Labute approximate surface area is 205 Å². The van der Waals surface area contributed by atoms with Crippen LogP contribution in [0.1, 0.15) is 33.7 Å². The van der Waals surface area contributed by atoms with Crippen molar-refractivity contribution in [3.05, 3.63) is 76.7 Å². The molecule has 1 aromatic carbocycles. The van der Waals surface area contributed by atoms with Gasteiger partial charge in [-0.25, -0.2) is 13.8 Å². The number of amides is 1. The zero-order chi connectivity index (χ0) is 25.0. The van der Waals surface area contributed by atoms with Gasteiger partial charge in [0.05, 0.1) is 54.2 Å². The molecule has 0 bridgehead atoms. The lowest BCUT2D eigenvalue weighted by Gasteiger charge is -2.22. The number of nitrogens with one attached hydrogen (secondary N) is 1. The number of ether oxygens (including phenoxy) is 2. The quantitative estimate of drug-likeness (QED) is 0.423. The molecule has 3 N–H and O–H groups in total. The van der Waals surface area contributed by atoms with Crippen molar-refractivity contribution in [2.45, 2.75) is 38.3 Å². The molecule has 3 aromatic heterocycles. The van der Waals surface area contributed by atoms with Crippen LogP contribution in [0.3, 0.4) is 0 Å². The lowest BCUT2D eigenvalue weighted by molar-refractivity contribution is 0.0663. The van der Waals surface area contributed by atoms with Crippen LogP contribution < -0.4 is 5.73 Å². The summed E-state index contributed by atoms with van der Waals surface area (Å²) in [7, 11) is 1.61. The predicted molar refractivity (Wildman–Crippen MR) is 128 cm³/mol. The number of rotatable bonds is 6. The first-order valence-electron chi connectivity index (χ1n) is 11.6. The third-order valence-corrected chi connectivity index (χ3v) is 6.81. The van der Waals surface area contributed by atoms with Gasteiger partial charge in [0, 0.05) is 30.0 Å². The van der Waals surface area contributed by atoms with Gasteiger partial charge in [-0.15, -0.1) is 0 Å².